The van der Waals surface area contributed by atoms with Crippen molar-refractivity contribution in [3.63, 3.8) is 0 Å². The van der Waals surface area contributed by atoms with Crippen LogP contribution in [0.5, 0.6) is 5.75 Å². The molecule has 7 heteroatoms. The molecule has 1 unspecified atom stereocenters. The number of nitrogens with one attached hydrogen (secondary N) is 1. The summed E-state index contributed by atoms with van der Waals surface area (Å²) in [6.45, 7) is 0.0401. The normalized spacial score (nSPS) is 20.1. The van der Waals surface area contributed by atoms with Gasteiger partial charge in [0.25, 0.3) is 5.91 Å². The lowest BCUT2D eigenvalue weighted by atomic mass is 9.93. The van der Waals surface area contributed by atoms with Gasteiger partial charge in [-0.05, 0) is 54.9 Å². The molecule has 2 aliphatic rings. The second-order valence-corrected chi connectivity index (χ2v) is 9.69. The molecule has 2 heterocycles. The van der Waals surface area contributed by atoms with Gasteiger partial charge in [-0.15, -0.1) is 23.5 Å². The summed E-state index contributed by atoms with van der Waals surface area (Å²) in [5, 5.41) is 7.42. The van der Waals surface area contributed by atoms with Crippen LogP contribution in [0, 0.1) is 0 Å². The van der Waals surface area contributed by atoms with Gasteiger partial charge in [0.05, 0.1) is 16.8 Å². The van der Waals surface area contributed by atoms with E-state index in [1.54, 1.807) is 0 Å². The quantitative estimate of drug-likeness (QED) is 0.822. The molecule has 1 amide bonds. The first-order valence-electron chi connectivity index (χ1n) is 9.47. The fraction of sp³-hybridized carbons (Fsp3) is 0.500. The minimum Gasteiger partial charge on any atom is -0.484 e. The molecule has 144 valence electrons. The number of ether oxygens (including phenoxy) is 1. The van der Waals surface area contributed by atoms with E-state index >= 15 is 0 Å². The molecule has 1 aliphatic carbocycles. The van der Waals surface area contributed by atoms with Crippen LogP contribution in [0.3, 0.4) is 0 Å². The third-order valence-electron chi connectivity index (χ3n) is 5.06. The molecule has 0 radical (unpaired) electrons. The summed E-state index contributed by atoms with van der Waals surface area (Å²) in [6.07, 6.45) is 6.22. The Balaban J connectivity index is 1.29. The Bertz CT molecular complexity index is 785. The molecule has 1 atom stereocenters. The number of carbonyl (C=O) groups excluding carboxylic acids is 1. The summed E-state index contributed by atoms with van der Waals surface area (Å²) < 4.78 is 8.13. The molecule has 1 saturated heterocycles. The SMILES string of the molecule is Cn1ncc2c1CCCC2NC(=O)COc1ccc(C2SCCCS2)cc1. The van der Waals surface area contributed by atoms with Gasteiger partial charge in [0.2, 0.25) is 0 Å². The highest BCUT2D eigenvalue weighted by molar-refractivity contribution is 8.16. The number of hydrogen-bond acceptors (Lipinski definition) is 5. The zero-order valence-corrected chi connectivity index (χ0v) is 17.2. The first-order valence-corrected chi connectivity index (χ1v) is 11.6. The van der Waals surface area contributed by atoms with Crippen LogP contribution in [-0.4, -0.2) is 33.8 Å². The minimum atomic E-state index is -0.0841. The number of rotatable bonds is 5. The third kappa shape index (κ3) is 4.46. The monoisotopic (exact) mass is 403 g/mol. The first-order chi connectivity index (χ1) is 13.2. The molecule has 2 aromatic rings. The number of benzene rings is 1. The molecule has 0 saturated carbocycles. The van der Waals surface area contributed by atoms with Crippen LogP contribution in [-0.2, 0) is 18.3 Å². The largest absolute Gasteiger partial charge is 0.484 e. The van der Waals surface area contributed by atoms with Gasteiger partial charge in [0.1, 0.15) is 5.75 Å². The number of aryl methyl sites for hydroxylation is 1. The van der Waals surface area contributed by atoms with E-state index in [4.69, 9.17) is 4.74 Å². The highest BCUT2D eigenvalue weighted by Crippen LogP contribution is 2.43. The maximum Gasteiger partial charge on any atom is 0.258 e. The van der Waals surface area contributed by atoms with Gasteiger partial charge in [-0.3, -0.25) is 9.48 Å². The first kappa shape index (κ1) is 18.7. The van der Waals surface area contributed by atoms with Crippen LogP contribution < -0.4 is 10.1 Å². The Hall–Kier alpha value is -1.60. The molecule has 4 rings (SSSR count). The van der Waals surface area contributed by atoms with Gasteiger partial charge < -0.3 is 10.1 Å². The number of thioether (sulfide) groups is 2. The van der Waals surface area contributed by atoms with Crippen LogP contribution >= 0.6 is 23.5 Å². The lowest BCUT2D eigenvalue weighted by Crippen LogP contribution is -2.34. The molecule has 1 fully saturated rings. The summed E-state index contributed by atoms with van der Waals surface area (Å²) in [6, 6.07) is 8.22. The molecular formula is C20H25N3O2S2. The van der Waals surface area contributed by atoms with Crippen molar-refractivity contribution in [2.45, 2.75) is 36.3 Å². The summed E-state index contributed by atoms with van der Waals surface area (Å²) in [7, 11) is 1.96. The van der Waals surface area contributed by atoms with Crippen molar-refractivity contribution in [1.82, 2.24) is 15.1 Å². The average Bonchev–Trinajstić information content (AvgIpc) is 3.10. The number of nitrogens with zero attached hydrogens (tertiary/aromatic N) is 2. The van der Waals surface area contributed by atoms with Crippen LogP contribution in [0.15, 0.2) is 30.5 Å². The van der Waals surface area contributed by atoms with E-state index in [9.17, 15) is 4.79 Å². The minimum absolute atomic E-state index is 0.0401. The predicted molar refractivity (Wildman–Crippen MR) is 111 cm³/mol. The molecule has 1 aliphatic heterocycles. The smallest absolute Gasteiger partial charge is 0.258 e. The van der Waals surface area contributed by atoms with Crippen LogP contribution in [0.1, 0.15) is 46.7 Å². The Morgan fingerprint density at radius 2 is 2.04 bits per heavy atom. The maximum absolute atomic E-state index is 12.3. The van der Waals surface area contributed by atoms with E-state index in [1.165, 1.54) is 29.2 Å². The Morgan fingerprint density at radius 3 is 2.81 bits per heavy atom. The fourth-order valence-electron chi connectivity index (χ4n) is 3.64. The lowest BCUT2D eigenvalue weighted by molar-refractivity contribution is -0.123. The predicted octanol–water partition coefficient (Wildman–Crippen LogP) is 3.86. The molecule has 1 aromatic heterocycles. The van der Waals surface area contributed by atoms with Crippen molar-refractivity contribution >= 4 is 29.4 Å². The molecule has 1 N–H and O–H groups in total. The van der Waals surface area contributed by atoms with Crippen molar-refractivity contribution < 1.29 is 9.53 Å². The third-order valence-corrected chi connectivity index (χ3v) is 8.08. The summed E-state index contributed by atoms with van der Waals surface area (Å²) >= 11 is 4.01. The summed E-state index contributed by atoms with van der Waals surface area (Å²) in [5.74, 6) is 3.12. The van der Waals surface area contributed by atoms with E-state index < -0.39 is 0 Å². The second kappa shape index (κ2) is 8.61. The van der Waals surface area contributed by atoms with Gasteiger partial charge in [-0.1, -0.05) is 12.1 Å². The maximum atomic E-state index is 12.3. The second-order valence-electron chi connectivity index (χ2n) is 6.97. The highest BCUT2D eigenvalue weighted by atomic mass is 32.2. The lowest BCUT2D eigenvalue weighted by Gasteiger charge is -2.24. The molecule has 5 nitrogen and oxygen atoms in total. The van der Waals surface area contributed by atoms with E-state index in [-0.39, 0.29) is 18.6 Å². The highest BCUT2D eigenvalue weighted by Gasteiger charge is 2.24. The van der Waals surface area contributed by atoms with Crippen molar-refractivity contribution in [2.24, 2.45) is 7.05 Å². The van der Waals surface area contributed by atoms with E-state index in [0.29, 0.717) is 4.58 Å². The number of amides is 1. The zero-order chi connectivity index (χ0) is 18.6. The van der Waals surface area contributed by atoms with Gasteiger partial charge in [-0.2, -0.15) is 5.10 Å². The number of hydrogen-bond donors (Lipinski definition) is 1. The molecule has 0 spiro atoms. The standard InChI is InChI=1S/C20H25N3O2S2/c1-23-18-5-2-4-17(16(18)12-21-23)22-19(24)13-25-15-8-6-14(7-9-15)20-26-10-3-11-27-20/h6-9,12,17,20H,2-5,10-11,13H2,1H3,(H,22,24). The topological polar surface area (TPSA) is 56.2 Å². The molecule has 1 aromatic carbocycles. The fourth-order valence-corrected chi connectivity index (χ4v) is 6.54. The Morgan fingerprint density at radius 1 is 1.26 bits per heavy atom. The Kier molecular flexibility index (Phi) is 5.98. The zero-order valence-electron chi connectivity index (χ0n) is 15.5. The van der Waals surface area contributed by atoms with Gasteiger partial charge in [-0.25, -0.2) is 0 Å². The van der Waals surface area contributed by atoms with E-state index in [1.807, 2.05) is 53.6 Å². The average molecular weight is 404 g/mol. The van der Waals surface area contributed by atoms with Gasteiger partial charge >= 0.3 is 0 Å². The van der Waals surface area contributed by atoms with Crippen molar-refractivity contribution in [1.29, 1.82) is 0 Å². The van der Waals surface area contributed by atoms with Crippen LogP contribution in [0.2, 0.25) is 0 Å². The number of aromatic nitrogens is 2. The molecular weight excluding hydrogens is 378 g/mol. The van der Waals surface area contributed by atoms with E-state index in [2.05, 4.69) is 22.5 Å². The Labute approximate surface area is 168 Å². The van der Waals surface area contributed by atoms with Gasteiger partial charge in [0.15, 0.2) is 6.61 Å². The van der Waals surface area contributed by atoms with Crippen molar-refractivity contribution in [3.05, 3.63) is 47.3 Å². The summed E-state index contributed by atoms with van der Waals surface area (Å²) in [4.78, 5) is 12.3. The van der Waals surface area contributed by atoms with E-state index in [0.717, 1.165) is 30.6 Å². The van der Waals surface area contributed by atoms with Crippen LogP contribution in [0.4, 0.5) is 0 Å². The van der Waals surface area contributed by atoms with Gasteiger partial charge in [0, 0.05) is 18.3 Å². The number of fused-ring (bicyclic) bond motifs is 1. The molecule has 0 bridgehead atoms. The van der Waals surface area contributed by atoms with Crippen molar-refractivity contribution in [2.75, 3.05) is 18.1 Å². The number of carbonyl (C=O) groups is 1. The van der Waals surface area contributed by atoms with Crippen LogP contribution in [0.25, 0.3) is 0 Å². The van der Waals surface area contributed by atoms with Crippen molar-refractivity contribution in [3.8, 4) is 5.75 Å². The summed E-state index contributed by atoms with van der Waals surface area (Å²) in [5.41, 5.74) is 3.69. The molecule has 27 heavy (non-hydrogen) atoms.